The summed E-state index contributed by atoms with van der Waals surface area (Å²) in [4.78, 5) is 9.11. The minimum atomic E-state index is 0.188. The first kappa shape index (κ1) is 13.7. The van der Waals surface area contributed by atoms with E-state index in [1.165, 1.54) is 5.56 Å². The van der Waals surface area contributed by atoms with Gasteiger partial charge in [0.25, 0.3) is 0 Å². The SMILES string of the molecule is CCc1ccc(-c2cc(C)nc(C(C)CN)n2)cc1. The van der Waals surface area contributed by atoms with Crippen molar-refractivity contribution in [2.45, 2.75) is 33.1 Å². The highest BCUT2D eigenvalue weighted by atomic mass is 14.9. The summed E-state index contributed by atoms with van der Waals surface area (Å²) in [5.74, 6) is 1.02. The summed E-state index contributed by atoms with van der Waals surface area (Å²) in [6.45, 7) is 6.78. The number of hydrogen-bond donors (Lipinski definition) is 1. The maximum Gasteiger partial charge on any atom is 0.133 e. The van der Waals surface area contributed by atoms with Gasteiger partial charge in [0.15, 0.2) is 0 Å². The minimum Gasteiger partial charge on any atom is -0.330 e. The number of hydrogen-bond acceptors (Lipinski definition) is 3. The van der Waals surface area contributed by atoms with E-state index in [9.17, 15) is 0 Å². The van der Waals surface area contributed by atoms with E-state index in [0.717, 1.165) is 29.2 Å². The summed E-state index contributed by atoms with van der Waals surface area (Å²) in [6, 6.07) is 10.6. The van der Waals surface area contributed by atoms with Crippen LogP contribution in [0.25, 0.3) is 11.3 Å². The minimum absolute atomic E-state index is 0.188. The Labute approximate surface area is 114 Å². The summed E-state index contributed by atoms with van der Waals surface area (Å²) < 4.78 is 0. The molecule has 0 fully saturated rings. The van der Waals surface area contributed by atoms with Crippen LogP contribution in [-0.4, -0.2) is 16.5 Å². The van der Waals surface area contributed by atoms with E-state index in [-0.39, 0.29) is 5.92 Å². The van der Waals surface area contributed by atoms with Gasteiger partial charge >= 0.3 is 0 Å². The van der Waals surface area contributed by atoms with Gasteiger partial charge in [0.1, 0.15) is 5.82 Å². The van der Waals surface area contributed by atoms with E-state index < -0.39 is 0 Å². The molecule has 2 N–H and O–H groups in total. The van der Waals surface area contributed by atoms with E-state index in [2.05, 4.69) is 48.1 Å². The maximum atomic E-state index is 5.70. The number of nitrogens with two attached hydrogens (primary N) is 1. The van der Waals surface area contributed by atoms with Gasteiger partial charge in [0.2, 0.25) is 0 Å². The van der Waals surface area contributed by atoms with Gasteiger partial charge in [-0.05, 0) is 25.0 Å². The first-order valence-corrected chi connectivity index (χ1v) is 6.79. The molecule has 0 saturated heterocycles. The predicted molar refractivity (Wildman–Crippen MR) is 79.1 cm³/mol. The van der Waals surface area contributed by atoms with Crippen molar-refractivity contribution < 1.29 is 0 Å². The molecule has 1 aromatic carbocycles. The van der Waals surface area contributed by atoms with Crippen LogP contribution in [0.1, 0.15) is 36.8 Å². The molecule has 2 aromatic rings. The summed E-state index contributed by atoms with van der Waals surface area (Å²) in [5, 5.41) is 0. The fourth-order valence-corrected chi connectivity index (χ4v) is 1.98. The van der Waals surface area contributed by atoms with Crippen LogP contribution in [0, 0.1) is 6.92 Å². The molecule has 0 spiro atoms. The lowest BCUT2D eigenvalue weighted by Crippen LogP contribution is -2.13. The zero-order valence-electron chi connectivity index (χ0n) is 11.9. The molecule has 0 amide bonds. The second-order valence-corrected chi connectivity index (χ2v) is 4.94. The third-order valence-corrected chi connectivity index (χ3v) is 3.32. The van der Waals surface area contributed by atoms with Crippen molar-refractivity contribution in [3.63, 3.8) is 0 Å². The van der Waals surface area contributed by atoms with Crippen molar-refractivity contribution in [1.82, 2.24) is 9.97 Å². The quantitative estimate of drug-likeness (QED) is 0.913. The molecule has 3 heteroatoms. The molecule has 1 unspecified atom stereocenters. The monoisotopic (exact) mass is 255 g/mol. The summed E-state index contributed by atoms with van der Waals surface area (Å²) in [5.41, 5.74) is 10.1. The van der Waals surface area contributed by atoms with Gasteiger partial charge in [-0.15, -0.1) is 0 Å². The molecule has 2 rings (SSSR count). The number of rotatable bonds is 4. The fraction of sp³-hybridized carbons (Fsp3) is 0.375. The van der Waals surface area contributed by atoms with Crippen LogP contribution < -0.4 is 5.73 Å². The van der Waals surface area contributed by atoms with Crippen LogP contribution >= 0.6 is 0 Å². The third-order valence-electron chi connectivity index (χ3n) is 3.32. The molecule has 0 aliphatic carbocycles. The zero-order valence-corrected chi connectivity index (χ0v) is 11.9. The average molecular weight is 255 g/mol. The predicted octanol–water partition coefficient (Wildman–Crippen LogP) is 3.08. The lowest BCUT2D eigenvalue weighted by Gasteiger charge is -2.10. The molecule has 0 bridgehead atoms. The van der Waals surface area contributed by atoms with Gasteiger partial charge in [-0.25, -0.2) is 9.97 Å². The van der Waals surface area contributed by atoms with Crippen molar-refractivity contribution in [1.29, 1.82) is 0 Å². The average Bonchev–Trinajstić information content (AvgIpc) is 2.45. The van der Waals surface area contributed by atoms with Crippen molar-refractivity contribution in [3.05, 3.63) is 47.4 Å². The fourth-order valence-electron chi connectivity index (χ4n) is 1.98. The zero-order chi connectivity index (χ0) is 13.8. The molecule has 3 nitrogen and oxygen atoms in total. The van der Waals surface area contributed by atoms with Crippen LogP contribution in [0.3, 0.4) is 0 Å². The van der Waals surface area contributed by atoms with Gasteiger partial charge in [-0.1, -0.05) is 38.1 Å². The molecule has 0 aliphatic heterocycles. The number of aryl methyl sites for hydroxylation is 2. The second-order valence-electron chi connectivity index (χ2n) is 4.94. The highest BCUT2D eigenvalue weighted by Gasteiger charge is 2.10. The molecule has 0 aliphatic rings. The van der Waals surface area contributed by atoms with Crippen LogP contribution in [0.4, 0.5) is 0 Å². The molecule has 1 atom stereocenters. The third kappa shape index (κ3) is 3.18. The molecule has 1 aromatic heterocycles. The number of aromatic nitrogens is 2. The summed E-state index contributed by atoms with van der Waals surface area (Å²) in [6.07, 6.45) is 1.05. The summed E-state index contributed by atoms with van der Waals surface area (Å²) >= 11 is 0. The van der Waals surface area contributed by atoms with E-state index in [4.69, 9.17) is 5.73 Å². The first-order valence-electron chi connectivity index (χ1n) is 6.79. The van der Waals surface area contributed by atoms with Crippen LogP contribution in [0.5, 0.6) is 0 Å². The smallest absolute Gasteiger partial charge is 0.133 e. The lowest BCUT2D eigenvalue weighted by atomic mass is 10.1. The Balaban J connectivity index is 2.40. The highest BCUT2D eigenvalue weighted by Crippen LogP contribution is 2.21. The Hall–Kier alpha value is -1.74. The highest BCUT2D eigenvalue weighted by molar-refractivity contribution is 5.59. The molecular formula is C16H21N3. The van der Waals surface area contributed by atoms with Crippen molar-refractivity contribution in [2.75, 3.05) is 6.54 Å². The Morgan fingerprint density at radius 3 is 2.42 bits per heavy atom. The van der Waals surface area contributed by atoms with Gasteiger partial charge < -0.3 is 5.73 Å². The summed E-state index contributed by atoms with van der Waals surface area (Å²) in [7, 11) is 0. The molecule has 0 saturated carbocycles. The van der Waals surface area contributed by atoms with Gasteiger partial charge in [-0.2, -0.15) is 0 Å². The molecule has 100 valence electrons. The molecular weight excluding hydrogens is 234 g/mol. The topological polar surface area (TPSA) is 51.8 Å². The Morgan fingerprint density at radius 2 is 1.84 bits per heavy atom. The lowest BCUT2D eigenvalue weighted by molar-refractivity contribution is 0.708. The van der Waals surface area contributed by atoms with Crippen LogP contribution in [-0.2, 0) is 6.42 Å². The van der Waals surface area contributed by atoms with Crippen molar-refractivity contribution in [3.8, 4) is 11.3 Å². The molecule has 19 heavy (non-hydrogen) atoms. The number of benzene rings is 1. The van der Waals surface area contributed by atoms with E-state index in [1.54, 1.807) is 0 Å². The maximum absolute atomic E-state index is 5.70. The molecule has 1 heterocycles. The first-order chi connectivity index (χ1) is 9.13. The van der Waals surface area contributed by atoms with E-state index in [1.807, 2.05) is 13.0 Å². The Bertz CT molecular complexity index is 546. The largest absolute Gasteiger partial charge is 0.330 e. The second kappa shape index (κ2) is 5.93. The normalized spacial score (nSPS) is 12.4. The Kier molecular flexibility index (Phi) is 4.27. The van der Waals surface area contributed by atoms with E-state index >= 15 is 0 Å². The number of nitrogens with zero attached hydrogens (tertiary/aromatic N) is 2. The van der Waals surface area contributed by atoms with E-state index in [0.29, 0.717) is 6.54 Å². The molecule has 0 radical (unpaired) electrons. The van der Waals surface area contributed by atoms with Crippen molar-refractivity contribution >= 4 is 0 Å². The van der Waals surface area contributed by atoms with Crippen molar-refractivity contribution in [2.24, 2.45) is 5.73 Å². The van der Waals surface area contributed by atoms with Gasteiger partial charge in [-0.3, -0.25) is 0 Å². The Morgan fingerprint density at radius 1 is 1.16 bits per heavy atom. The van der Waals surface area contributed by atoms with Crippen LogP contribution in [0.15, 0.2) is 30.3 Å². The van der Waals surface area contributed by atoms with Gasteiger partial charge in [0, 0.05) is 23.7 Å². The standard InChI is InChI=1S/C16H21N3/c1-4-13-5-7-14(8-6-13)15-9-12(3)18-16(19-15)11(2)10-17/h5-9,11H,4,10,17H2,1-3H3. The van der Waals surface area contributed by atoms with Crippen LogP contribution in [0.2, 0.25) is 0 Å². The van der Waals surface area contributed by atoms with Gasteiger partial charge in [0.05, 0.1) is 5.69 Å².